The van der Waals surface area contributed by atoms with E-state index in [9.17, 15) is 0 Å². The fraction of sp³-hybridized carbons (Fsp3) is 0.158. The molecule has 0 aliphatic heterocycles. The monoisotopic (exact) mass is 326 g/mol. The first-order valence-corrected chi connectivity index (χ1v) is 8.44. The number of ether oxygens (including phenoxy) is 2. The molecule has 118 valence electrons. The Morgan fingerprint density at radius 3 is 1.78 bits per heavy atom. The minimum Gasteiger partial charge on any atom is -0.497 e. The van der Waals surface area contributed by atoms with Crippen LogP contribution in [0.2, 0.25) is 0 Å². The molecule has 0 atom stereocenters. The standard InChI is InChI=1S/C19H18O3S/c1-20-15-8-4-13(5-9-15)17-12-18(23-3)19(22-17)14-6-10-16(21-2)11-7-14/h4-12H,1-3H3. The second-order valence-electron chi connectivity index (χ2n) is 4.97. The molecule has 1 heterocycles. The second kappa shape index (κ2) is 6.84. The average Bonchev–Trinajstić information content (AvgIpc) is 3.06. The Balaban J connectivity index is 1.98. The van der Waals surface area contributed by atoms with Gasteiger partial charge in [-0.3, -0.25) is 0 Å². The third-order valence-corrected chi connectivity index (χ3v) is 4.39. The Morgan fingerprint density at radius 1 is 0.783 bits per heavy atom. The Kier molecular flexibility index (Phi) is 4.63. The lowest BCUT2D eigenvalue weighted by molar-refractivity contribution is 0.415. The van der Waals surface area contributed by atoms with Gasteiger partial charge in [-0.2, -0.15) is 0 Å². The first-order chi connectivity index (χ1) is 11.2. The molecule has 0 unspecified atom stereocenters. The average molecular weight is 326 g/mol. The Bertz CT molecular complexity index is 773. The van der Waals surface area contributed by atoms with E-state index in [0.717, 1.165) is 39.0 Å². The molecule has 0 aliphatic rings. The summed E-state index contributed by atoms with van der Waals surface area (Å²) < 4.78 is 16.5. The van der Waals surface area contributed by atoms with Gasteiger partial charge in [0.1, 0.15) is 23.0 Å². The molecule has 0 aliphatic carbocycles. The van der Waals surface area contributed by atoms with Gasteiger partial charge in [-0.05, 0) is 60.9 Å². The highest BCUT2D eigenvalue weighted by atomic mass is 32.2. The van der Waals surface area contributed by atoms with Crippen LogP contribution in [0.3, 0.4) is 0 Å². The molecule has 0 saturated carbocycles. The van der Waals surface area contributed by atoms with Gasteiger partial charge in [0, 0.05) is 11.1 Å². The SMILES string of the molecule is COc1ccc(-c2cc(SC)c(-c3ccc(OC)cc3)o2)cc1. The Labute approximate surface area is 140 Å². The number of furan rings is 1. The van der Waals surface area contributed by atoms with Crippen molar-refractivity contribution < 1.29 is 13.9 Å². The normalized spacial score (nSPS) is 10.6. The number of methoxy groups -OCH3 is 2. The zero-order chi connectivity index (χ0) is 16.2. The number of hydrogen-bond acceptors (Lipinski definition) is 4. The number of rotatable bonds is 5. The van der Waals surface area contributed by atoms with Gasteiger partial charge in [-0.15, -0.1) is 11.8 Å². The summed E-state index contributed by atoms with van der Waals surface area (Å²) >= 11 is 1.67. The summed E-state index contributed by atoms with van der Waals surface area (Å²) in [4.78, 5) is 1.11. The molecular formula is C19H18O3S. The van der Waals surface area contributed by atoms with Crippen LogP contribution in [0.4, 0.5) is 0 Å². The van der Waals surface area contributed by atoms with Crippen molar-refractivity contribution in [1.29, 1.82) is 0 Å². The van der Waals surface area contributed by atoms with Gasteiger partial charge in [0.25, 0.3) is 0 Å². The maximum Gasteiger partial charge on any atom is 0.148 e. The topological polar surface area (TPSA) is 31.6 Å². The molecule has 1 aromatic heterocycles. The quantitative estimate of drug-likeness (QED) is 0.591. The zero-order valence-corrected chi connectivity index (χ0v) is 14.1. The van der Waals surface area contributed by atoms with Crippen LogP contribution in [0.5, 0.6) is 11.5 Å². The number of thioether (sulfide) groups is 1. The van der Waals surface area contributed by atoms with Crippen molar-refractivity contribution in [2.24, 2.45) is 0 Å². The van der Waals surface area contributed by atoms with Crippen LogP contribution in [0, 0.1) is 0 Å². The third-order valence-electron chi connectivity index (χ3n) is 3.64. The molecule has 23 heavy (non-hydrogen) atoms. The summed E-state index contributed by atoms with van der Waals surface area (Å²) in [5, 5.41) is 0. The maximum absolute atomic E-state index is 6.12. The van der Waals surface area contributed by atoms with Crippen LogP contribution in [-0.2, 0) is 0 Å². The maximum atomic E-state index is 6.12. The van der Waals surface area contributed by atoms with Crippen LogP contribution in [0.1, 0.15) is 0 Å². The first kappa shape index (κ1) is 15.6. The van der Waals surface area contributed by atoms with Crippen molar-refractivity contribution in [3.8, 4) is 34.1 Å². The van der Waals surface area contributed by atoms with E-state index in [4.69, 9.17) is 13.9 Å². The predicted molar refractivity (Wildman–Crippen MR) is 94.5 cm³/mol. The molecule has 3 nitrogen and oxygen atoms in total. The molecule has 0 saturated heterocycles. The van der Waals surface area contributed by atoms with Gasteiger partial charge < -0.3 is 13.9 Å². The molecule has 2 aromatic carbocycles. The highest BCUT2D eigenvalue weighted by Gasteiger charge is 2.14. The van der Waals surface area contributed by atoms with E-state index >= 15 is 0 Å². The summed E-state index contributed by atoms with van der Waals surface area (Å²) in [6.07, 6.45) is 2.05. The van der Waals surface area contributed by atoms with Gasteiger partial charge in [0.05, 0.1) is 19.1 Å². The molecule has 0 fully saturated rings. The van der Waals surface area contributed by atoms with E-state index < -0.39 is 0 Å². The van der Waals surface area contributed by atoms with Gasteiger partial charge in [-0.25, -0.2) is 0 Å². The van der Waals surface area contributed by atoms with Crippen molar-refractivity contribution >= 4 is 11.8 Å². The van der Waals surface area contributed by atoms with E-state index in [2.05, 4.69) is 12.3 Å². The first-order valence-electron chi connectivity index (χ1n) is 7.22. The molecule has 0 spiro atoms. The molecule has 0 amide bonds. The molecule has 0 N–H and O–H groups in total. The van der Waals surface area contributed by atoms with Crippen LogP contribution >= 0.6 is 11.8 Å². The van der Waals surface area contributed by atoms with Gasteiger partial charge in [-0.1, -0.05) is 0 Å². The Morgan fingerprint density at radius 2 is 1.30 bits per heavy atom. The lowest BCUT2D eigenvalue weighted by Crippen LogP contribution is -1.82. The van der Waals surface area contributed by atoms with E-state index in [1.807, 2.05) is 48.5 Å². The Hall–Kier alpha value is -2.33. The van der Waals surface area contributed by atoms with Crippen molar-refractivity contribution in [1.82, 2.24) is 0 Å². The zero-order valence-electron chi connectivity index (χ0n) is 13.3. The van der Waals surface area contributed by atoms with Crippen LogP contribution in [0.25, 0.3) is 22.6 Å². The van der Waals surface area contributed by atoms with E-state index in [0.29, 0.717) is 0 Å². The van der Waals surface area contributed by atoms with Gasteiger partial charge in [0.15, 0.2) is 0 Å². The minimum atomic E-state index is 0.834. The number of benzene rings is 2. The second-order valence-corrected chi connectivity index (χ2v) is 5.81. The minimum absolute atomic E-state index is 0.834. The molecular weight excluding hydrogens is 308 g/mol. The van der Waals surface area contributed by atoms with Crippen LogP contribution in [0.15, 0.2) is 63.9 Å². The molecule has 0 radical (unpaired) electrons. The third kappa shape index (κ3) is 3.22. The summed E-state index contributed by atoms with van der Waals surface area (Å²) in [6, 6.07) is 17.8. The summed E-state index contributed by atoms with van der Waals surface area (Å²) in [6.45, 7) is 0. The van der Waals surface area contributed by atoms with Crippen molar-refractivity contribution in [3.05, 3.63) is 54.6 Å². The molecule has 4 heteroatoms. The highest BCUT2D eigenvalue weighted by Crippen LogP contribution is 2.38. The molecule has 3 rings (SSSR count). The summed E-state index contributed by atoms with van der Waals surface area (Å²) in [5.74, 6) is 3.40. The fourth-order valence-electron chi connectivity index (χ4n) is 2.37. The molecule has 0 bridgehead atoms. The highest BCUT2D eigenvalue weighted by molar-refractivity contribution is 7.98. The van der Waals surface area contributed by atoms with E-state index in [-0.39, 0.29) is 0 Å². The summed E-state index contributed by atoms with van der Waals surface area (Å²) in [5.41, 5.74) is 2.07. The lowest BCUT2D eigenvalue weighted by Gasteiger charge is -2.03. The van der Waals surface area contributed by atoms with Crippen molar-refractivity contribution in [3.63, 3.8) is 0 Å². The van der Waals surface area contributed by atoms with Gasteiger partial charge in [0.2, 0.25) is 0 Å². The van der Waals surface area contributed by atoms with Crippen LogP contribution < -0.4 is 9.47 Å². The van der Waals surface area contributed by atoms with Crippen molar-refractivity contribution in [2.45, 2.75) is 4.90 Å². The lowest BCUT2D eigenvalue weighted by atomic mass is 10.1. The van der Waals surface area contributed by atoms with Crippen molar-refractivity contribution in [2.75, 3.05) is 20.5 Å². The van der Waals surface area contributed by atoms with E-state index in [1.54, 1.807) is 26.0 Å². The largest absolute Gasteiger partial charge is 0.497 e. The smallest absolute Gasteiger partial charge is 0.148 e. The predicted octanol–water partition coefficient (Wildman–Crippen LogP) is 5.35. The number of hydrogen-bond donors (Lipinski definition) is 0. The summed E-state index contributed by atoms with van der Waals surface area (Å²) in [7, 11) is 3.33. The molecule has 3 aromatic rings. The van der Waals surface area contributed by atoms with E-state index in [1.165, 1.54) is 0 Å². The van der Waals surface area contributed by atoms with Gasteiger partial charge >= 0.3 is 0 Å². The fourth-order valence-corrected chi connectivity index (χ4v) is 2.94. The van der Waals surface area contributed by atoms with Crippen LogP contribution in [-0.4, -0.2) is 20.5 Å².